The van der Waals surface area contributed by atoms with Gasteiger partial charge in [-0.15, -0.1) is 0 Å². The molecule has 1 saturated heterocycles. The largest absolute Gasteiger partial charge is 0.328 e. The van der Waals surface area contributed by atoms with Gasteiger partial charge in [-0.3, -0.25) is 20.2 Å². The highest BCUT2D eigenvalue weighted by Crippen LogP contribution is 2.29. The summed E-state index contributed by atoms with van der Waals surface area (Å²) >= 11 is 0. The van der Waals surface area contributed by atoms with Crippen molar-refractivity contribution in [3.63, 3.8) is 0 Å². The number of aromatic nitrogens is 1. The summed E-state index contributed by atoms with van der Waals surface area (Å²) in [6.07, 6.45) is 1.54. The summed E-state index contributed by atoms with van der Waals surface area (Å²) in [7, 11) is 0. The smallest absolute Gasteiger partial charge is 0.277 e. The average molecular weight is 265 g/mol. The van der Waals surface area contributed by atoms with Crippen molar-refractivity contribution in [2.45, 2.75) is 19.8 Å². The van der Waals surface area contributed by atoms with Gasteiger partial charge in [0.15, 0.2) is 0 Å². The van der Waals surface area contributed by atoms with E-state index in [1.54, 1.807) is 6.92 Å². The van der Waals surface area contributed by atoms with Gasteiger partial charge < -0.3 is 0 Å². The summed E-state index contributed by atoms with van der Waals surface area (Å²) < 4.78 is 12.7. The maximum atomic E-state index is 12.7. The SMILES string of the molecule is CCC1(Cc2ccc(F)nc2)C(=O)NC(=O)NC1=O. The summed E-state index contributed by atoms with van der Waals surface area (Å²) in [6.45, 7) is 1.67. The van der Waals surface area contributed by atoms with Crippen molar-refractivity contribution in [2.24, 2.45) is 5.41 Å². The Morgan fingerprint density at radius 1 is 1.21 bits per heavy atom. The average Bonchev–Trinajstić information content (AvgIpc) is 2.36. The first-order chi connectivity index (χ1) is 8.98. The van der Waals surface area contributed by atoms with E-state index < -0.39 is 29.2 Å². The van der Waals surface area contributed by atoms with Crippen LogP contribution in [0.3, 0.4) is 0 Å². The summed E-state index contributed by atoms with van der Waals surface area (Å²) in [5, 5.41) is 4.16. The van der Waals surface area contributed by atoms with Crippen LogP contribution < -0.4 is 10.6 Å². The first kappa shape index (κ1) is 13.1. The molecular formula is C12H12FN3O3. The molecule has 0 spiro atoms. The Morgan fingerprint density at radius 2 is 1.84 bits per heavy atom. The Morgan fingerprint density at radius 3 is 2.32 bits per heavy atom. The molecule has 0 radical (unpaired) electrons. The number of hydrogen-bond donors (Lipinski definition) is 2. The van der Waals surface area contributed by atoms with Crippen LogP contribution in [0.5, 0.6) is 0 Å². The first-order valence-corrected chi connectivity index (χ1v) is 5.75. The third-order valence-corrected chi connectivity index (χ3v) is 3.22. The number of pyridine rings is 1. The molecule has 0 bridgehead atoms. The molecule has 100 valence electrons. The highest BCUT2D eigenvalue weighted by Gasteiger charge is 2.48. The molecule has 1 aliphatic heterocycles. The lowest BCUT2D eigenvalue weighted by molar-refractivity contribution is -0.144. The van der Waals surface area contributed by atoms with Crippen molar-refractivity contribution in [3.05, 3.63) is 29.8 Å². The van der Waals surface area contributed by atoms with Crippen LogP contribution in [-0.2, 0) is 16.0 Å². The van der Waals surface area contributed by atoms with E-state index in [4.69, 9.17) is 0 Å². The zero-order valence-corrected chi connectivity index (χ0v) is 10.2. The molecule has 2 N–H and O–H groups in total. The van der Waals surface area contributed by atoms with Gasteiger partial charge in [-0.25, -0.2) is 9.78 Å². The van der Waals surface area contributed by atoms with Crippen LogP contribution in [0.25, 0.3) is 0 Å². The number of hydrogen-bond acceptors (Lipinski definition) is 4. The minimum absolute atomic E-state index is 0.0573. The van der Waals surface area contributed by atoms with Gasteiger partial charge in [0.05, 0.1) is 0 Å². The molecule has 1 aromatic rings. The van der Waals surface area contributed by atoms with Crippen LogP contribution in [0.15, 0.2) is 18.3 Å². The zero-order chi connectivity index (χ0) is 14.0. The number of carbonyl (C=O) groups excluding carboxylic acids is 3. The van der Waals surface area contributed by atoms with Gasteiger partial charge >= 0.3 is 6.03 Å². The van der Waals surface area contributed by atoms with Crippen molar-refractivity contribution in [2.75, 3.05) is 0 Å². The lowest BCUT2D eigenvalue weighted by atomic mass is 9.76. The van der Waals surface area contributed by atoms with Gasteiger partial charge in [0, 0.05) is 6.20 Å². The lowest BCUT2D eigenvalue weighted by Crippen LogP contribution is -2.63. The van der Waals surface area contributed by atoms with E-state index in [-0.39, 0.29) is 12.8 Å². The Bertz CT molecular complexity index is 522. The molecule has 1 aliphatic rings. The summed E-state index contributed by atoms with van der Waals surface area (Å²) in [5.41, 5.74) is -0.823. The van der Waals surface area contributed by atoms with Crippen molar-refractivity contribution in [3.8, 4) is 0 Å². The zero-order valence-electron chi connectivity index (χ0n) is 10.2. The molecule has 1 fully saturated rings. The van der Waals surface area contributed by atoms with Gasteiger partial charge in [0.25, 0.3) is 0 Å². The summed E-state index contributed by atoms with van der Waals surface area (Å²) in [5.74, 6) is -1.93. The van der Waals surface area contributed by atoms with Crippen LogP contribution in [0.1, 0.15) is 18.9 Å². The first-order valence-electron chi connectivity index (χ1n) is 5.75. The second-order valence-electron chi connectivity index (χ2n) is 4.34. The molecule has 0 aliphatic carbocycles. The number of rotatable bonds is 3. The van der Waals surface area contributed by atoms with Crippen molar-refractivity contribution in [1.29, 1.82) is 0 Å². The Balaban J connectivity index is 2.32. The van der Waals surface area contributed by atoms with E-state index >= 15 is 0 Å². The quantitative estimate of drug-likeness (QED) is 0.616. The molecule has 6 nitrogen and oxygen atoms in total. The van der Waals surface area contributed by atoms with E-state index in [0.29, 0.717) is 5.56 Å². The molecule has 0 unspecified atom stereocenters. The number of urea groups is 1. The maximum Gasteiger partial charge on any atom is 0.328 e. The van der Waals surface area contributed by atoms with Gasteiger partial charge in [-0.05, 0) is 24.5 Å². The fourth-order valence-electron chi connectivity index (χ4n) is 2.05. The van der Waals surface area contributed by atoms with E-state index in [1.807, 2.05) is 0 Å². The van der Waals surface area contributed by atoms with Crippen molar-refractivity contribution >= 4 is 17.8 Å². The number of barbiturate groups is 1. The molecule has 1 aromatic heterocycles. The topological polar surface area (TPSA) is 88.2 Å². The Kier molecular flexibility index (Phi) is 3.28. The fourth-order valence-corrected chi connectivity index (χ4v) is 2.05. The van der Waals surface area contributed by atoms with Crippen molar-refractivity contribution in [1.82, 2.24) is 15.6 Å². The molecule has 4 amide bonds. The molecule has 2 rings (SSSR count). The normalized spacial score (nSPS) is 17.9. The minimum Gasteiger partial charge on any atom is -0.277 e. The van der Waals surface area contributed by atoms with E-state index in [9.17, 15) is 18.8 Å². The molecule has 0 atom stereocenters. The molecule has 19 heavy (non-hydrogen) atoms. The van der Waals surface area contributed by atoms with Crippen LogP contribution in [0, 0.1) is 11.4 Å². The monoisotopic (exact) mass is 265 g/mol. The predicted molar refractivity (Wildman–Crippen MR) is 62.3 cm³/mol. The summed E-state index contributed by atoms with van der Waals surface area (Å²) in [4.78, 5) is 38.4. The van der Waals surface area contributed by atoms with Crippen LogP contribution in [0.4, 0.5) is 9.18 Å². The minimum atomic E-state index is -1.37. The Hall–Kier alpha value is -2.31. The third kappa shape index (κ3) is 2.31. The highest BCUT2D eigenvalue weighted by atomic mass is 19.1. The van der Waals surface area contributed by atoms with E-state index in [0.717, 1.165) is 6.07 Å². The number of imide groups is 2. The fraction of sp³-hybridized carbons (Fsp3) is 0.333. The molecule has 2 heterocycles. The van der Waals surface area contributed by atoms with Gasteiger partial charge in [-0.2, -0.15) is 4.39 Å². The van der Waals surface area contributed by atoms with E-state index in [2.05, 4.69) is 15.6 Å². The van der Waals surface area contributed by atoms with E-state index in [1.165, 1.54) is 12.3 Å². The second-order valence-corrected chi connectivity index (χ2v) is 4.34. The Labute approximate surface area is 108 Å². The standard InChI is InChI=1S/C12H12FN3O3/c1-2-12(5-7-3-4-8(13)14-6-7)9(17)15-11(19)16-10(12)18/h3-4,6H,2,5H2,1H3,(H2,15,16,17,18,19). The van der Waals surface area contributed by atoms with Crippen LogP contribution >= 0.6 is 0 Å². The number of amides is 4. The van der Waals surface area contributed by atoms with Crippen molar-refractivity contribution < 1.29 is 18.8 Å². The predicted octanol–water partition coefficient (Wildman–Crippen LogP) is 0.526. The molecular weight excluding hydrogens is 253 g/mol. The maximum absolute atomic E-state index is 12.7. The lowest BCUT2D eigenvalue weighted by Gasteiger charge is -2.32. The second kappa shape index (κ2) is 4.75. The molecule has 0 aromatic carbocycles. The molecule has 0 saturated carbocycles. The van der Waals surface area contributed by atoms with Gasteiger partial charge in [0.2, 0.25) is 17.8 Å². The number of nitrogens with zero attached hydrogens (tertiary/aromatic N) is 1. The summed E-state index contributed by atoms with van der Waals surface area (Å²) in [6, 6.07) is 1.79. The molecule has 7 heteroatoms. The van der Waals surface area contributed by atoms with Gasteiger partial charge in [0.1, 0.15) is 5.41 Å². The highest BCUT2D eigenvalue weighted by molar-refractivity contribution is 6.19. The van der Waals surface area contributed by atoms with Crippen LogP contribution in [-0.4, -0.2) is 22.8 Å². The third-order valence-electron chi connectivity index (χ3n) is 3.22. The van der Waals surface area contributed by atoms with Crippen LogP contribution in [0.2, 0.25) is 0 Å². The number of halogens is 1. The van der Waals surface area contributed by atoms with Gasteiger partial charge in [-0.1, -0.05) is 13.0 Å². The number of nitrogens with one attached hydrogen (secondary N) is 2. The number of carbonyl (C=O) groups is 3.